The summed E-state index contributed by atoms with van der Waals surface area (Å²) in [5, 5.41) is 20.7. The van der Waals surface area contributed by atoms with E-state index in [0.29, 0.717) is 53.2 Å². The maximum absolute atomic E-state index is 13.4. The van der Waals surface area contributed by atoms with Crippen molar-refractivity contribution in [2.45, 2.75) is 71.6 Å². The van der Waals surface area contributed by atoms with E-state index in [1.54, 1.807) is 22.5 Å². The van der Waals surface area contributed by atoms with E-state index in [1.165, 1.54) is 10.6 Å². The summed E-state index contributed by atoms with van der Waals surface area (Å²) < 4.78 is 8.89. The van der Waals surface area contributed by atoms with Gasteiger partial charge in [0.15, 0.2) is 0 Å². The lowest BCUT2D eigenvalue weighted by Gasteiger charge is -2.38. The molecule has 1 aromatic heterocycles. The molecular weight excluding hydrogens is 468 g/mol. The highest BCUT2D eigenvalue weighted by atomic mass is 35.5. The van der Waals surface area contributed by atoms with Crippen molar-refractivity contribution in [2.24, 2.45) is 17.8 Å². The summed E-state index contributed by atoms with van der Waals surface area (Å²) in [6.45, 7) is 8.64. The monoisotopic (exact) mass is 498 g/mol. The van der Waals surface area contributed by atoms with Crippen molar-refractivity contribution in [2.75, 3.05) is 6.54 Å². The molecule has 1 unspecified atom stereocenters. The summed E-state index contributed by atoms with van der Waals surface area (Å²) in [6, 6.07) is 4.53. The van der Waals surface area contributed by atoms with E-state index >= 15 is 0 Å². The summed E-state index contributed by atoms with van der Waals surface area (Å²) in [7, 11) is 0. The number of nitrogens with zero attached hydrogens (tertiary/aromatic N) is 4. The van der Waals surface area contributed by atoms with Gasteiger partial charge in [0.05, 0.1) is 28.4 Å². The number of amides is 1. The normalized spacial score (nSPS) is 27.2. The smallest absolute Gasteiger partial charge is 0.410 e. The number of ether oxygens (including phenoxy) is 1. The average Bonchev–Trinajstić information content (AvgIpc) is 3.47. The van der Waals surface area contributed by atoms with Gasteiger partial charge in [0, 0.05) is 6.54 Å². The first-order chi connectivity index (χ1) is 16.6. The number of carbonyl (C=O) groups is 1. The topological polar surface area (TPSA) is 100 Å². The fourth-order valence-electron chi connectivity index (χ4n) is 6.32. The lowest BCUT2D eigenvalue weighted by atomic mass is 9.75. The molecule has 2 aromatic rings. The van der Waals surface area contributed by atoms with Crippen LogP contribution in [0.5, 0.6) is 5.88 Å². The van der Waals surface area contributed by atoms with Crippen molar-refractivity contribution in [3.63, 3.8) is 0 Å². The van der Waals surface area contributed by atoms with Crippen molar-refractivity contribution < 1.29 is 14.6 Å². The Labute approximate surface area is 209 Å². The minimum atomic E-state index is -0.422. The summed E-state index contributed by atoms with van der Waals surface area (Å²) >= 11 is 6.32. The number of fused-ring (bicyclic) bond motifs is 5. The van der Waals surface area contributed by atoms with Crippen LogP contribution < -0.4 is 5.69 Å². The minimum absolute atomic E-state index is 0.116. The van der Waals surface area contributed by atoms with Crippen LogP contribution in [0.4, 0.5) is 4.79 Å². The summed E-state index contributed by atoms with van der Waals surface area (Å²) in [6.07, 6.45) is 3.16. The zero-order valence-electron chi connectivity index (χ0n) is 20.5. The number of likely N-dealkylation sites (tertiary alicyclic amines) is 1. The van der Waals surface area contributed by atoms with Gasteiger partial charge < -0.3 is 9.84 Å². The molecule has 2 aliphatic heterocycles. The van der Waals surface area contributed by atoms with Crippen molar-refractivity contribution in [3.05, 3.63) is 44.5 Å². The fraction of sp³-hybridized carbons (Fsp3) is 0.577. The van der Waals surface area contributed by atoms with E-state index in [4.69, 9.17) is 16.3 Å². The van der Waals surface area contributed by atoms with Crippen LogP contribution in [0.2, 0.25) is 5.02 Å². The molecule has 8 nitrogen and oxygen atoms in total. The van der Waals surface area contributed by atoms with Crippen molar-refractivity contribution in [3.8, 4) is 17.6 Å². The van der Waals surface area contributed by atoms with Crippen LogP contribution in [0.1, 0.15) is 75.4 Å². The zero-order chi connectivity index (χ0) is 25.2. The van der Waals surface area contributed by atoms with Crippen molar-refractivity contribution >= 4 is 17.7 Å². The van der Waals surface area contributed by atoms with Crippen LogP contribution in [0.25, 0.3) is 5.69 Å². The predicted octanol–water partition coefficient (Wildman–Crippen LogP) is 5.08. The molecular formula is C26H31ClN4O4. The SMILES string of the molecule is Cc1c(-n2c(O)c3n(c2=O)[C@H]2C[C@@H]3N(C(=O)O[C@H]3CC(C)CC[C@@H]3C(C)C)C2)ccc(C#N)c1Cl. The fourth-order valence-corrected chi connectivity index (χ4v) is 6.52. The Balaban J connectivity index is 1.45. The highest BCUT2D eigenvalue weighted by Crippen LogP contribution is 2.49. The quantitative estimate of drug-likeness (QED) is 0.636. The van der Waals surface area contributed by atoms with Gasteiger partial charge in [-0.1, -0.05) is 38.8 Å². The number of halogens is 1. The molecule has 1 saturated heterocycles. The number of rotatable bonds is 3. The van der Waals surface area contributed by atoms with Gasteiger partial charge >= 0.3 is 11.8 Å². The Hall–Kier alpha value is -2.92. The molecule has 1 N–H and O–H groups in total. The number of aromatic nitrogens is 2. The molecule has 1 aromatic carbocycles. The van der Waals surface area contributed by atoms with Gasteiger partial charge in [0.25, 0.3) is 0 Å². The molecule has 9 heteroatoms. The molecule has 5 rings (SSSR count). The molecule has 1 amide bonds. The van der Waals surface area contributed by atoms with Crippen molar-refractivity contribution in [1.29, 1.82) is 5.26 Å². The van der Waals surface area contributed by atoms with Gasteiger partial charge in [-0.05, 0) is 61.6 Å². The van der Waals surface area contributed by atoms with Gasteiger partial charge in [-0.25, -0.2) is 14.2 Å². The third kappa shape index (κ3) is 3.63. The highest BCUT2D eigenvalue weighted by molar-refractivity contribution is 6.32. The summed E-state index contributed by atoms with van der Waals surface area (Å²) in [4.78, 5) is 28.3. The van der Waals surface area contributed by atoms with Gasteiger partial charge in [-0.15, -0.1) is 0 Å². The van der Waals surface area contributed by atoms with E-state index in [1.807, 2.05) is 6.07 Å². The number of hydrogen-bond acceptors (Lipinski definition) is 5. The van der Waals surface area contributed by atoms with E-state index < -0.39 is 6.04 Å². The second-order valence-corrected chi connectivity index (χ2v) is 11.1. The van der Waals surface area contributed by atoms with E-state index in [9.17, 15) is 20.0 Å². The molecule has 1 aliphatic carbocycles. The Morgan fingerprint density at radius 2 is 2.03 bits per heavy atom. The van der Waals surface area contributed by atoms with Gasteiger partial charge in [-0.3, -0.25) is 9.47 Å². The number of carbonyl (C=O) groups excluding carboxylic acids is 1. The number of nitriles is 1. The average molecular weight is 499 g/mol. The molecule has 2 bridgehead atoms. The number of hydrogen-bond donors (Lipinski definition) is 1. The van der Waals surface area contributed by atoms with Gasteiger partial charge in [0.1, 0.15) is 17.9 Å². The Morgan fingerprint density at radius 3 is 2.71 bits per heavy atom. The lowest BCUT2D eigenvalue weighted by Crippen LogP contribution is -2.42. The van der Waals surface area contributed by atoms with E-state index in [2.05, 4.69) is 20.8 Å². The third-order valence-corrected chi connectivity index (χ3v) is 8.71. The van der Waals surface area contributed by atoms with Crippen LogP contribution in [0.3, 0.4) is 0 Å². The van der Waals surface area contributed by atoms with Gasteiger partial charge in [-0.2, -0.15) is 5.26 Å². The standard InChI is InChI=1S/C26H31ClN4O4/c1-13(2)18-7-5-14(3)9-21(18)35-26(34)29-12-17-10-20(29)23-24(32)31(25(33)30(17)23)19-8-6-16(11-28)22(27)15(19)4/h6,8,13-14,17-18,20-21,32H,5,7,9-10,12H2,1-4H3/t14?,17-,18+,20-,21-/m0/s1. The first-order valence-electron chi connectivity index (χ1n) is 12.4. The molecule has 2 fully saturated rings. The second-order valence-electron chi connectivity index (χ2n) is 10.7. The van der Waals surface area contributed by atoms with Gasteiger partial charge in [0.2, 0.25) is 5.88 Å². The molecule has 1 saturated carbocycles. The largest absolute Gasteiger partial charge is 0.493 e. The van der Waals surface area contributed by atoms with Crippen LogP contribution in [-0.4, -0.2) is 37.9 Å². The van der Waals surface area contributed by atoms with E-state index in [0.717, 1.165) is 19.3 Å². The van der Waals surface area contributed by atoms with Crippen LogP contribution in [0, 0.1) is 36.0 Å². The second kappa shape index (κ2) is 8.63. The predicted molar refractivity (Wildman–Crippen MR) is 131 cm³/mol. The Morgan fingerprint density at radius 1 is 1.29 bits per heavy atom. The third-order valence-electron chi connectivity index (χ3n) is 8.22. The Bertz CT molecular complexity index is 1290. The molecule has 0 spiro atoms. The molecule has 186 valence electrons. The highest BCUT2D eigenvalue weighted by Gasteiger charge is 2.50. The Kier molecular flexibility index (Phi) is 5.87. The number of aromatic hydroxyl groups is 1. The molecule has 3 aliphatic rings. The van der Waals surface area contributed by atoms with E-state index in [-0.39, 0.29) is 34.8 Å². The summed E-state index contributed by atoms with van der Waals surface area (Å²) in [5.74, 6) is 1.09. The summed E-state index contributed by atoms with van der Waals surface area (Å²) in [5.41, 5.74) is 1.31. The van der Waals surface area contributed by atoms with Crippen molar-refractivity contribution in [1.82, 2.24) is 14.0 Å². The van der Waals surface area contributed by atoms with Crippen LogP contribution >= 0.6 is 11.6 Å². The molecule has 3 heterocycles. The maximum Gasteiger partial charge on any atom is 0.410 e. The zero-order valence-corrected chi connectivity index (χ0v) is 21.2. The lowest BCUT2D eigenvalue weighted by molar-refractivity contribution is -0.0133. The maximum atomic E-state index is 13.4. The first-order valence-corrected chi connectivity index (χ1v) is 12.7. The molecule has 35 heavy (non-hydrogen) atoms. The minimum Gasteiger partial charge on any atom is -0.493 e. The number of benzene rings is 1. The number of imidazole rings is 1. The molecule has 0 radical (unpaired) electrons. The molecule has 5 atom stereocenters. The van der Waals surface area contributed by atoms with Crippen LogP contribution in [-0.2, 0) is 4.74 Å². The van der Waals surface area contributed by atoms with Crippen LogP contribution in [0.15, 0.2) is 16.9 Å². The first kappa shape index (κ1) is 23.8.